The lowest BCUT2D eigenvalue weighted by atomic mass is 9.76. The van der Waals surface area contributed by atoms with Gasteiger partial charge in [-0.25, -0.2) is 0 Å². The Morgan fingerprint density at radius 1 is 1.14 bits per heavy atom. The third-order valence-corrected chi connectivity index (χ3v) is 5.53. The number of anilines is 1. The van der Waals surface area contributed by atoms with Crippen molar-refractivity contribution in [1.82, 2.24) is 9.88 Å². The quantitative estimate of drug-likeness (QED) is 0.714. The van der Waals surface area contributed by atoms with Gasteiger partial charge in [0.05, 0.1) is 19.3 Å². The number of hydrogen-bond donors (Lipinski definition) is 2. The Balaban J connectivity index is 1.59. The number of hydrogen-bond acceptors (Lipinski definition) is 7. The van der Waals surface area contributed by atoms with Crippen LogP contribution in [0, 0.1) is 12.3 Å². The van der Waals surface area contributed by atoms with Crippen LogP contribution >= 0.6 is 0 Å². The maximum atomic E-state index is 12.3. The zero-order chi connectivity index (χ0) is 20.1. The molecule has 3 atom stereocenters. The molecule has 8 heteroatoms. The van der Waals surface area contributed by atoms with Crippen LogP contribution in [0.25, 0.3) is 0 Å². The highest BCUT2D eigenvalue weighted by molar-refractivity contribution is 6.49. The van der Waals surface area contributed by atoms with Crippen molar-refractivity contribution in [3.05, 3.63) is 52.3 Å². The predicted molar refractivity (Wildman–Crippen MR) is 101 cm³/mol. The van der Waals surface area contributed by atoms with Crippen LogP contribution in [0.1, 0.15) is 24.5 Å². The predicted octanol–water partition coefficient (Wildman–Crippen LogP) is 0.955. The molecule has 8 nitrogen and oxygen atoms in total. The molecule has 0 aromatic carbocycles. The Morgan fingerprint density at radius 3 is 2.46 bits per heavy atom. The zero-order valence-corrected chi connectivity index (χ0v) is 16.0. The highest BCUT2D eigenvalue weighted by Crippen LogP contribution is 2.41. The summed E-state index contributed by atoms with van der Waals surface area (Å²) >= 11 is 0. The van der Waals surface area contributed by atoms with E-state index in [9.17, 15) is 14.4 Å². The maximum absolute atomic E-state index is 12.3. The molecule has 2 fully saturated rings. The van der Waals surface area contributed by atoms with E-state index in [0.29, 0.717) is 19.0 Å². The molecule has 2 aliphatic rings. The average molecular weight is 385 g/mol. The molecule has 1 aliphatic heterocycles. The van der Waals surface area contributed by atoms with Crippen molar-refractivity contribution in [3.8, 4) is 0 Å². The van der Waals surface area contributed by atoms with Gasteiger partial charge in [0.1, 0.15) is 29.3 Å². The standard InChI is InChI=1S/C20H23N3O5/c1-11-6-7-13(28-11)18(20(2)9-27-10-20)22-15-14(16(24)17(15)25)21-12-5-4-8-23(3)19(12)26/h4-8,14-15,18,21-22H,9-10H2,1-3H3. The molecule has 1 saturated heterocycles. The van der Waals surface area contributed by atoms with Crippen molar-refractivity contribution in [3.63, 3.8) is 0 Å². The minimum Gasteiger partial charge on any atom is -0.465 e. The number of aromatic nitrogens is 1. The number of aryl methyl sites for hydroxylation is 2. The molecule has 0 radical (unpaired) electrons. The second-order valence-corrected chi connectivity index (χ2v) is 7.86. The number of nitrogens with zero attached hydrogens (tertiary/aromatic N) is 1. The smallest absolute Gasteiger partial charge is 0.273 e. The van der Waals surface area contributed by atoms with E-state index in [1.807, 2.05) is 26.0 Å². The van der Waals surface area contributed by atoms with E-state index in [1.165, 1.54) is 4.57 Å². The zero-order valence-electron chi connectivity index (χ0n) is 16.0. The van der Waals surface area contributed by atoms with Gasteiger partial charge in [-0.3, -0.25) is 19.7 Å². The summed E-state index contributed by atoms with van der Waals surface area (Å²) < 4.78 is 12.6. The number of nitrogens with one attached hydrogen (secondary N) is 2. The fourth-order valence-electron chi connectivity index (χ4n) is 3.71. The summed E-state index contributed by atoms with van der Waals surface area (Å²) in [6.07, 6.45) is 1.63. The van der Waals surface area contributed by atoms with Gasteiger partial charge in [0, 0.05) is 18.7 Å². The van der Waals surface area contributed by atoms with Crippen LogP contribution in [-0.4, -0.2) is 41.4 Å². The van der Waals surface area contributed by atoms with E-state index in [-0.39, 0.29) is 22.7 Å². The Labute approximate surface area is 161 Å². The first kappa shape index (κ1) is 18.6. The van der Waals surface area contributed by atoms with Crippen LogP contribution in [0.15, 0.2) is 39.7 Å². The lowest BCUT2D eigenvalue weighted by Gasteiger charge is -2.47. The van der Waals surface area contributed by atoms with Gasteiger partial charge in [-0.1, -0.05) is 6.92 Å². The van der Waals surface area contributed by atoms with Gasteiger partial charge in [0.15, 0.2) is 0 Å². The largest absolute Gasteiger partial charge is 0.465 e. The van der Waals surface area contributed by atoms with E-state index in [4.69, 9.17) is 9.15 Å². The first-order valence-electron chi connectivity index (χ1n) is 9.20. The van der Waals surface area contributed by atoms with Gasteiger partial charge in [-0.05, 0) is 31.2 Å². The number of carbonyl (C=O) groups excluding carboxylic acids is 2. The molecule has 0 amide bonds. The Morgan fingerprint density at radius 2 is 1.86 bits per heavy atom. The topological polar surface area (TPSA) is 103 Å². The minimum atomic E-state index is -0.800. The molecule has 3 heterocycles. The highest BCUT2D eigenvalue weighted by atomic mass is 16.5. The number of furan rings is 1. The lowest BCUT2D eigenvalue weighted by molar-refractivity contribution is -0.150. The summed E-state index contributed by atoms with van der Waals surface area (Å²) in [6.45, 7) is 4.95. The Hall–Kier alpha value is -2.71. The van der Waals surface area contributed by atoms with Crippen molar-refractivity contribution in [1.29, 1.82) is 0 Å². The second kappa shape index (κ2) is 6.72. The van der Waals surface area contributed by atoms with Gasteiger partial charge >= 0.3 is 0 Å². The van der Waals surface area contributed by atoms with E-state index >= 15 is 0 Å². The number of rotatable bonds is 6. The molecule has 2 N–H and O–H groups in total. The Bertz CT molecular complexity index is 988. The molecule has 4 rings (SSSR count). The maximum Gasteiger partial charge on any atom is 0.273 e. The van der Waals surface area contributed by atoms with E-state index in [2.05, 4.69) is 10.6 Å². The Kier molecular flexibility index (Phi) is 4.47. The molecule has 0 bridgehead atoms. The summed E-state index contributed by atoms with van der Waals surface area (Å²) in [5.41, 5.74) is -0.228. The molecule has 148 valence electrons. The molecule has 1 saturated carbocycles. The monoisotopic (exact) mass is 385 g/mol. The molecule has 2 aromatic heterocycles. The lowest BCUT2D eigenvalue weighted by Crippen LogP contribution is -2.69. The molecule has 28 heavy (non-hydrogen) atoms. The van der Waals surface area contributed by atoms with Crippen molar-refractivity contribution in [2.24, 2.45) is 12.5 Å². The first-order valence-corrected chi connectivity index (χ1v) is 9.20. The normalized spacial score (nSPS) is 24.4. The SMILES string of the molecule is Cc1ccc(C(NC2C(=O)C(=O)C2Nc2cccn(C)c2=O)C2(C)COC2)o1. The van der Waals surface area contributed by atoms with E-state index in [0.717, 1.165) is 5.76 Å². The highest BCUT2D eigenvalue weighted by Gasteiger charge is 2.53. The fourth-order valence-corrected chi connectivity index (χ4v) is 3.71. The summed E-state index contributed by atoms with van der Waals surface area (Å²) in [5, 5.41) is 6.23. The van der Waals surface area contributed by atoms with Crippen molar-refractivity contribution < 1.29 is 18.7 Å². The molecule has 3 unspecified atom stereocenters. The van der Waals surface area contributed by atoms with Crippen molar-refractivity contribution in [2.75, 3.05) is 18.5 Å². The van der Waals surface area contributed by atoms with Gasteiger partial charge in [-0.2, -0.15) is 0 Å². The minimum absolute atomic E-state index is 0.253. The van der Waals surface area contributed by atoms with Gasteiger partial charge < -0.3 is 19.0 Å². The third-order valence-electron chi connectivity index (χ3n) is 5.53. The van der Waals surface area contributed by atoms with E-state index in [1.54, 1.807) is 25.4 Å². The van der Waals surface area contributed by atoms with Crippen LogP contribution in [0.4, 0.5) is 5.69 Å². The van der Waals surface area contributed by atoms with Crippen LogP contribution in [0.3, 0.4) is 0 Å². The van der Waals surface area contributed by atoms with Crippen LogP contribution in [0.5, 0.6) is 0 Å². The summed E-state index contributed by atoms with van der Waals surface area (Å²) in [5.74, 6) is 0.434. The van der Waals surface area contributed by atoms with Crippen molar-refractivity contribution >= 4 is 17.3 Å². The summed E-state index contributed by atoms with van der Waals surface area (Å²) in [7, 11) is 1.63. The number of ether oxygens (including phenoxy) is 1. The van der Waals surface area contributed by atoms with E-state index < -0.39 is 23.7 Å². The van der Waals surface area contributed by atoms with Crippen LogP contribution in [-0.2, 0) is 21.4 Å². The van der Waals surface area contributed by atoms with Crippen LogP contribution in [0.2, 0.25) is 0 Å². The number of carbonyl (C=O) groups is 2. The fraction of sp³-hybridized carbons (Fsp3) is 0.450. The number of pyridine rings is 1. The molecule has 2 aromatic rings. The molecule has 1 aliphatic carbocycles. The van der Waals surface area contributed by atoms with Crippen molar-refractivity contribution in [2.45, 2.75) is 32.0 Å². The van der Waals surface area contributed by atoms with Crippen LogP contribution < -0.4 is 16.2 Å². The van der Waals surface area contributed by atoms with Gasteiger partial charge in [0.2, 0.25) is 11.6 Å². The van der Waals surface area contributed by atoms with Gasteiger partial charge in [-0.15, -0.1) is 0 Å². The molecule has 0 spiro atoms. The number of Topliss-reactive ketones (excluding diaryl/α,β-unsaturated/α-hetero) is 2. The third kappa shape index (κ3) is 2.98. The summed E-state index contributed by atoms with van der Waals surface area (Å²) in [4.78, 5) is 36.8. The second-order valence-electron chi connectivity index (χ2n) is 7.86. The molecular formula is C20H23N3O5. The molecular weight excluding hydrogens is 362 g/mol. The van der Waals surface area contributed by atoms with Gasteiger partial charge in [0.25, 0.3) is 5.56 Å². The number of ketones is 2. The summed E-state index contributed by atoms with van der Waals surface area (Å²) in [6, 6.07) is 5.21. The average Bonchev–Trinajstić information content (AvgIpc) is 3.08. The first-order chi connectivity index (χ1) is 13.3.